The molecule has 0 aromatic heterocycles. The second-order valence-corrected chi connectivity index (χ2v) is 4.84. The van der Waals surface area contributed by atoms with E-state index in [2.05, 4.69) is 29.4 Å². The Morgan fingerprint density at radius 2 is 2.12 bits per heavy atom. The topological polar surface area (TPSA) is 24.5 Å². The van der Waals surface area contributed by atoms with Crippen LogP contribution in [0.4, 0.5) is 0 Å². The van der Waals surface area contributed by atoms with E-state index >= 15 is 0 Å². The number of nitrogens with one attached hydrogen (secondary N) is 1. The number of benzene rings is 1. The number of hydrogen-bond acceptors (Lipinski definition) is 3. The fourth-order valence-electron chi connectivity index (χ4n) is 2.40. The molecule has 1 fully saturated rings. The molecule has 1 aliphatic heterocycles. The molecule has 0 aliphatic carbocycles. The number of ether oxygens (including phenoxy) is 1. The zero-order valence-corrected chi connectivity index (χ0v) is 10.8. The lowest BCUT2D eigenvalue weighted by atomic mass is 10.2. The Kier molecular flexibility index (Phi) is 4.40. The monoisotopic (exact) mass is 234 g/mol. The molecule has 1 atom stereocenters. The second-order valence-electron chi connectivity index (χ2n) is 4.84. The Bertz CT molecular complexity index is 331. The van der Waals surface area contributed by atoms with Crippen molar-refractivity contribution in [3.63, 3.8) is 0 Å². The van der Waals surface area contributed by atoms with E-state index in [-0.39, 0.29) is 0 Å². The van der Waals surface area contributed by atoms with Gasteiger partial charge in [-0.3, -0.25) is 0 Å². The molecular formula is C14H22N2O. The van der Waals surface area contributed by atoms with Crippen LogP contribution in [-0.4, -0.2) is 38.2 Å². The minimum atomic E-state index is 0.679. The van der Waals surface area contributed by atoms with Crippen molar-refractivity contribution < 1.29 is 4.74 Å². The number of methoxy groups -OCH3 is 1. The van der Waals surface area contributed by atoms with Crippen LogP contribution in [0.15, 0.2) is 24.3 Å². The molecule has 1 aliphatic rings. The maximum atomic E-state index is 5.16. The van der Waals surface area contributed by atoms with Crippen molar-refractivity contribution in [1.29, 1.82) is 0 Å². The molecule has 0 amide bonds. The van der Waals surface area contributed by atoms with Gasteiger partial charge in [0.2, 0.25) is 0 Å². The van der Waals surface area contributed by atoms with Gasteiger partial charge in [0.05, 0.1) is 7.11 Å². The van der Waals surface area contributed by atoms with Gasteiger partial charge >= 0.3 is 0 Å². The molecule has 1 aromatic rings. The Balaban J connectivity index is 1.81. The van der Waals surface area contributed by atoms with Gasteiger partial charge in [-0.25, -0.2) is 0 Å². The predicted octanol–water partition coefficient (Wildman–Crippen LogP) is 1.88. The van der Waals surface area contributed by atoms with Crippen molar-refractivity contribution in [3.05, 3.63) is 29.8 Å². The highest BCUT2D eigenvalue weighted by molar-refractivity contribution is 5.27. The van der Waals surface area contributed by atoms with E-state index in [0.29, 0.717) is 6.04 Å². The van der Waals surface area contributed by atoms with E-state index in [1.54, 1.807) is 7.11 Å². The van der Waals surface area contributed by atoms with Crippen LogP contribution in [-0.2, 0) is 6.54 Å². The molecule has 2 rings (SSSR count). The van der Waals surface area contributed by atoms with Crippen LogP contribution < -0.4 is 10.1 Å². The summed E-state index contributed by atoms with van der Waals surface area (Å²) >= 11 is 0. The van der Waals surface area contributed by atoms with Crippen molar-refractivity contribution in [2.24, 2.45) is 0 Å². The summed E-state index contributed by atoms with van der Waals surface area (Å²) in [6.45, 7) is 3.31. The molecular weight excluding hydrogens is 212 g/mol. The summed E-state index contributed by atoms with van der Waals surface area (Å²) in [5.74, 6) is 0.925. The first kappa shape index (κ1) is 12.4. The molecule has 0 saturated carbocycles. The number of hydrogen-bond donors (Lipinski definition) is 1. The van der Waals surface area contributed by atoms with Gasteiger partial charge in [-0.05, 0) is 44.1 Å². The molecule has 0 spiro atoms. The van der Waals surface area contributed by atoms with Crippen molar-refractivity contribution in [2.45, 2.75) is 25.4 Å². The fraction of sp³-hybridized carbons (Fsp3) is 0.571. The molecule has 94 valence electrons. The molecule has 1 aromatic carbocycles. The van der Waals surface area contributed by atoms with Gasteiger partial charge in [0, 0.05) is 19.1 Å². The van der Waals surface area contributed by atoms with Gasteiger partial charge in [0.25, 0.3) is 0 Å². The normalized spacial score (nSPS) is 19.8. The second kappa shape index (κ2) is 6.03. The van der Waals surface area contributed by atoms with Gasteiger partial charge in [-0.1, -0.05) is 12.1 Å². The SMILES string of the molecule is COc1ccc(CN(C)CC2CCCN2)cc1. The molecule has 1 N–H and O–H groups in total. The highest BCUT2D eigenvalue weighted by Crippen LogP contribution is 2.13. The highest BCUT2D eigenvalue weighted by atomic mass is 16.5. The third-order valence-corrected chi connectivity index (χ3v) is 3.31. The van der Waals surface area contributed by atoms with Gasteiger partial charge in [-0.2, -0.15) is 0 Å². The molecule has 0 radical (unpaired) electrons. The lowest BCUT2D eigenvalue weighted by molar-refractivity contribution is 0.293. The molecule has 1 unspecified atom stereocenters. The minimum Gasteiger partial charge on any atom is -0.497 e. The molecule has 1 heterocycles. The van der Waals surface area contributed by atoms with Crippen molar-refractivity contribution in [3.8, 4) is 5.75 Å². The molecule has 3 nitrogen and oxygen atoms in total. The van der Waals surface area contributed by atoms with E-state index in [0.717, 1.165) is 18.8 Å². The Labute approximate surface area is 104 Å². The highest BCUT2D eigenvalue weighted by Gasteiger charge is 2.15. The zero-order valence-electron chi connectivity index (χ0n) is 10.8. The lowest BCUT2D eigenvalue weighted by Gasteiger charge is -2.21. The van der Waals surface area contributed by atoms with Crippen molar-refractivity contribution in [1.82, 2.24) is 10.2 Å². The van der Waals surface area contributed by atoms with Crippen molar-refractivity contribution >= 4 is 0 Å². The first-order valence-electron chi connectivity index (χ1n) is 6.33. The van der Waals surface area contributed by atoms with E-state index in [4.69, 9.17) is 4.74 Å². The van der Waals surface area contributed by atoms with Crippen LogP contribution in [0.3, 0.4) is 0 Å². The molecule has 3 heteroatoms. The standard InChI is InChI=1S/C14H22N2O/c1-16(11-13-4-3-9-15-13)10-12-5-7-14(17-2)8-6-12/h5-8,13,15H,3-4,9-11H2,1-2H3. The predicted molar refractivity (Wildman–Crippen MR) is 70.4 cm³/mol. The van der Waals surface area contributed by atoms with E-state index in [1.165, 1.54) is 24.9 Å². The van der Waals surface area contributed by atoms with Gasteiger partial charge in [0.1, 0.15) is 5.75 Å². The van der Waals surface area contributed by atoms with E-state index in [9.17, 15) is 0 Å². The van der Waals surface area contributed by atoms with Crippen LogP contribution in [0, 0.1) is 0 Å². The first-order chi connectivity index (χ1) is 8.28. The smallest absolute Gasteiger partial charge is 0.118 e. The maximum absolute atomic E-state index is 5.16. The molecule has 0 bridgehead atoms. The quantitative estimate of drug-likeness (QED) is 0.842. The Hall–Kier alpha value is -1.06. The summed E-state index contributed by atoms with van der Waals surface area (Å²) in [6.07, 6.45) is 2.63. The van der Waals surface area contributed by atoms with E-state index in [1.807, 2.05) is 12.1 Å². The van der Waals surface area contributed by atoms with Gasteiger partial charge < -0.3 is 15.0 Å². The fourth-order valence-corrected chi connectivity index (χ4v) is 2.40. The maximum Gasteiger partial charge on any atom is 0.118 e. The minimum absolute atomic E-state index is 0.679. The summed E-state index contributed by atoms with van der Waals surface area (Å²) in [7, 11) is 3.89. The Morgan fingerprint density at radius 3 is 2.71 bits per heavy atom. The lowest BCUT2D eigenvalue weighted by Crippen LogP contribution is -2.34. The van der Waals surface area contributed by atoms with Crippen LogP contribution in [0.5, 0.6) is 5.75 Å². The largest absolute Gasteiger partial charge is 0.497 e. The summed E-state index contributed by atoms with van der Waals surface area (Å²) in [4.78, 5) is 2.38. The third kappa shape index (κ3) is 3.72. The third-order valence-electron chi connectivity index (χ3n) is 3.31. The molecule has 1 saturated heterocycles. The summed E-state index contributed by atoms with van der Waals surface area (Å²) in [5, 5.41) is 3.53. The number of rotatable bonds is 5. The van der Waals surface area contributed by atoms with Gasteiger partial charge in [-0.15, -0.1) is 0 Å². The number of likely N-dealkylation sites (N-methyl/N-ethyl adjacent to an activating group) is 1. The average Bonchev–Trinajstić information content (AvgIpc) is 2.82. The van der Waals surface area contributed by atoms with Crippen molar-refractivity contribution in [2.75, 3.05) is 27.2 Å². The Morgan fingerprint density at radius 1 is 1.35 bits per heavy atom. The first-order valence-corrected chi connectivity index (χ1v) is 6.33. The van der Waals surface area contributed by atoms with Crippen LogP contribution in [0.25, 0.3) is 0 Å². The molecule has 17 heavy (non-hydrogen) atoms. The van der Waals surface area contributed by atoms with E-state index < -0.39 is 0 Å². The zero-order chi connectivity index (χ0) is 12.1. The van der Waals surface area contributed by atoms with Crippen LogP contribution in [0.1, 0.15) is 18.4 Å². The van der Waals surface area contributed by atoms with Crippen LogP contribution in [0.2, 0.25) is 0 Å². The average molecular weight is 234 g/mol. The van der Waals surface area contributed by atoms with Gasteiger partial charge in [0.15, 0.2) is 0 Å². The summed E-state index contributed by atoms with van der Waals surface area (Å²) in [5.41, 5.74) is 1.34. The summed E-state index contributed by atoms with van der Waals surface area (Å²) in [6, 6.07) is 9.00. The van der Waals surface area contributed by atoms with Crippen LogP contribution >= 0.6 is 0 Å². The number of nitrogens with zero attached hydrogens (tertiary/aromatic N) is 1. The summed E-state index contributed by atoms with van der Waals surface area (Å²) < 4.78 is 5.16.